The summed E-state index contributed by atoms with van der Waals surface area (Å²) in [6, 6.07) is 1.82. The van der Waals surface area contributed by atoms with E-state index in [0.29, 0.717) is 19.0 Å². The van der Waals surface area contributed by atoms with Crippen molar-refractivity contribution in [2.75, 3.05) is 13.1 Å². The van der Waals surface area contributed by atoms with Gasteiger partial charge in [0.2, 0.25) is 0 Å². The van der Waals surface area contributed by atoms with Gasteiger partial charge in [0.1, 0.15) is 11.4 Å². The Morgan fingerprint density at radius 2 is 2.21 bits per heavy atom. The van der Waals surface area contributed by atoms with Crippen LogP contribution in [-0.2, 0) is 0 Å². The molecule has 1 aliphatic heterocycles. The molecule has 1 heterocycles. The summed E-state index contributed by atoms with van der Waals surface area (Å²) in [4.78, 5) is 13.7. The van der Waals surface area contributed by atoms with Crippen molar-refractivity contribution in [2.24, 2.45) is 5.92 Å². The summed E-state index contributed by atoms with van der Waals surface area (Å²) in [7, 11) is 0. The molecule has 1 saturated heterocycles. The number of nitrogens with zero attached hydrogens (tertiary/aromatic N) is 1. The molecule has 1 aliphatic rings. The molecular formula is C14H17F2NO2. The van der Waals surface area contributed by atoms with Gasteiger partial charge in [-0.05, 0) is 30.9 Å². The summed E-state index contributed by atoms with van der Waals surface area (Å²) in [5.74, 6) is -3.11. The van der Waals surface area contributed by atoms with E-state index < -0.39 is 28.9 Å². The molecule has 19 heavy (non-hydrogen) atoms. The fraction of sp³-hybridized carbons (Fsp3) is 0.500. The molecule has 0 spiro atoms. The number of aromatic hydroxyl groups is 1. The van der Waals surface area contributed by atoms with E-state index in [1.165, 1.54) is 4.90 Å². The van der Waals surface area contributed by atoms with E-state index in [2.05, 4.69) is 0 Å². The summed E-state index contributed by atoms with van der Waals surface area (Å²) in [5.41, 5.74) is -0.656. The van der Waals surface area contributed by atoms with Crippen molar-refractivity contribution < 1.29 is 18.7 Å². The molecule has 5 heteroatoms. The van der Waals surface area contributed by atoms with Gasteiger partial charge < -0.3 is 10.0 Å². The summed E-state index contributed by atoms with van der Waals surface area (Å²) in [6.45, 7) is 3.06. The van der Waals surface area contributed by atoms with Crippen LogP contribution in [0.25, 0.3) is 0 Å². The summed E-state index contributed by atoms with van der Waals surface area (Å²) in [6.07, 6.45) is 2.81. The minimum atomic E-state index is -1.18. The van der Waals surface area contributed by atoms with Crippen molar-refractivity contribution in [1.82, 2.24) is 4.90 Å². The van der Waals surface area contributed by atoms with Crippen LogP contribution < -0.4 is 0 Å². The summed E-state index contributed by atoms with van der Waals surface area (Å²) >= 11 is 0. The molecule has 3 nitrogen and oxygen atoms in total. The van der Waals surface area contributed by atoms with E-state index in [-0.39, 0.29) is 0 Å². The second kappa shape index (κ2) is 5.55. The van der Waals surface area contributed by atoms with Gasteiger partial charge in [-0.2, -0.15) is 0 Å². The lowest BCUT2D eigenvalue weighted by Gasteiger charge is -2.32. The van der Waals surface area contributed by atoms with Gasteiger partial charge in [0.05, 0.1) is 0 Å². The average Bonchev–Trinajstić information content (AvgIpc) is 2.43. The van der Waals surface area contributed by atoms with Crippen LogP contribution in [0.15, 0.2) is 12.1 Å². The van der Waals surface area contributed by atoms with Gasteiger partial charge in [-0.3, -0.25) is 4.79 Å². The maximum atomic E-state index is 13.7. The lowest BCUT2D eigenvalue weighted by Crippen LogP contribution is -2.40. The first-order chi connectivity index (χ1) is 9.04. The molecule has 1 atom stereocenters. The topological polar surface area (TPSA) is 40.5 Å². The number of carbonyl (C=O) groups is 1. The number of hydrogen-bond donors (Lipinski definition) is 1. The van der Waals surface area contributed by atoms with Crippen LogP contribution in [0.3, 0.4) is 0 Å². The van der Waals surface area contributed by atoms with Crippen LogP contribution in [0.2, 0.25) is 0 Å². The minimum Gasteiger partial charge on any atom is -0.505 e. The molecule has 104 valence electrons. The summed E-state index contributed by atoms with van der Waals surface area (Å²) < 4.78 is 27.3. The number of benzene rings is 1. The number of hydrogen-bond acceptors (Lipinski definition) is 2. The van der Waals surface area contributed by atoms with Gasteiger partial charge in [0.15, 0.2) is 11.6 Å². The number of amides is 1. The maximum Gasteiger partial charge on any atom is 0.259 e. The van der Waals surface area contributed by atoms with Crippen LogP contribution >= 0.6 is 0 Å². The highest BCUT2D eigenvalue weighted by Crippen LogP contribution is 2.26. The fourth-order valence-electron chi connectivity index (χ4n) is 2.48. The molecule has 0 saturated carbocycles. The number of likely N-dealkylation sites (tertiary alicyclic amines) is 1. The predicted octanol–water partition coefficient (Wildman–Crippen LogP) is 2.93. The molecule has 0 radical (unpaired) electrons. The highest BCUT2D eigenvalue weighted by molar-refractivity contribution is 5.95. The Balaban J connectivity index is 2.27. The van der Waals surface area contributed by atoms with Crippen molar-refractivity contribution in [1.29, 1.82) is 0 Å². The third-order valence-electron chi connectivity index (χ3n) is 3.67. The van der Waals surface area contributed by atoms with Crippen molar-refractivity contribution in [2.45, 2.75) is 26.2 Å². The predicted molar refractivity (Wildman–Crippen MR) is 66.9 cm³/mol. The first-order valence-electron chi connectivity index (χ1n) is 6.50. The first kappa shape index (κ1) is 13.8. The fourth-order valence-corrected chi connectivity index (χ4v) is 2.48. The number of phenols is 1. The Kier molecular flexibility index (Phi) is 4.02. The normalized spacial score (nSPS) is 19.5. The Labute approximate surface area is 110 Å². The molecule has 1 aromatic carbocycles. The van der Waals surface area contributed by atoms with Gasteiger partial charge in [-0.15, -0.1) is 0 Å². The largest absolute Gasteiger partial charge is 0.505 e. The number of carbonyl (C=O) groups excluding carboxylic acids is 1. The van der Waals surface area contributed by atoms with Crippen molar-refractivity contribution in [3.8, 4) is 5.75 Å². The van der Waals surface area contributed by atoms with Gasteiger partial charge in [-0.25, -0.2) is 8.78 Å². The van der Waals surface area contributed by atoms with Crippen LogP contribution in [0.4, 0.5) is 8.78 Å². The molecule has 1 amide bonds. The van der Waals surface area contributed by atoms with Crippen molar-refractivity contribution in [3.63, 3.8) is 0 Å². The zero-order valence-electron chi connectivity index (χ0n) is 10.8. The van der Waals surface area contributed by atoms with Crippen LogP contribution in [0.5, 0.6) is 5.75 Å². The van der Waals surface area contributed by atoms with Gasteiger partial charge in [-0.1, -0.05) is 13.3 Å². The SMILES string of the molecule is CC[C@H]1CCCN(C(=O)c2c(F)ccc(O)c2F)C1. The third-order valence-corrected chi connectivity index (χ3v) is 3.67. The monoisotopic (exact) mass is 269 g/mol. The van der Waals surface area contributed by atoms with E-state index in [1.54, 1.807) is 0 Å². The maximum absolute atomic E-state index is 13.7. The molecule has 0 aliphatic carbocycles. The number of halogens is 2. The highest BCUT2D eigenvalue weighted by Gasteiger charge is 2.28. The van der Waals surface area contributed by atoms with E-state index >= 15 is 0 Å². The summed E-state index contributed by atoms with van der Waals surface area (Å²) in [5, 5.41) is 9.26. The first-order valence-corrected chi connectivity index (χ1v) is 6.50. The van der Waals surface area contributed by atoms with Crippen LogP contribution in [0.1, 0.15) is 36.5 Å². The minimum absolute atomic E-state index is 0.376. The third kappa shape index (κ3) is 2.69. The number of rotatable bonds is 2. The van der Waals surface area contributed by atoms with E-state index in [9.17, 15) is 18.7 Å². The van der Waals surface area contributed by atoms with E-state index in [4.69, 9.17) is 0 Å². The average molecular weight is 269 g/mol. The Morgan fingerprint density at radius 1 is 1.47 bits per heavy atom. The molecular weight excluding hydrogens is 252 g/mol. The van der Waals surface area contributed by atoms with E-state index in [1.807, 2.05) is 6.92 Å². The van der Waals surface area contributed by atoms with Gasteiger partial charge >= 0.3 is 0 Å². The highest BCUT2D eigenvalue weighted by atomic mass is 19.1. The second-order valence-corrected chi connectivity index (χ2v) is 4.92. The Hall–Kier alpha value is -1.65. The zero-order chi connectivity index (χ0) is 14.0. The lowest BCUT2D eigenvalue weighted by molar-refractivity contribution is 0.0660. The molecule has 1 fully saturated rings. The second-order valence-electron chi connectivity index (χ2n) is 4.92. The molecule has 0 aromatic heterocycles. The quantitative estimate of drug-likeness (QED) is 0.896. The Bertz CT molecular complexity index is 491. The molecule has 2 rings (SSSR count). The van der Waals surface area contributed by atoms with Crippen molar-refractivity contribution in [3.05, 3.63) is 29.3 Å². The molecule has 1 aromatic rings. The zero-order valence-corrected chi connectivity index (χ0v) is 10.8. The smallest absolute Gasteiger partial charge is 0.259 e. The molecule has 0 unspecified atom stereocenters. The number of phenolic OH excluding ortho intramolecular Hbond substituents is 1. The van der Waals surface area contributed by atoms with E-state index in [0.717, 1.165) is 31.4 Å². The van der Waals surface area contributed by atoms with Gasteiger partial charge in [0.25, 0.3) is 5.91 Å². The van der Waals surface area contributed by atoms with Gasteiger partial charge in [0, 0.05) is 13.1 Å². The van der Waals surface area contributed by atoms with Crippen molar-refractivity contribution >= 4 is 5.91 Å². The number of piperidine rings is 1. The van der Waals surface area contributed by atoms with Crippen LogP contribution in [-0.4, -0.2) is 29.0 Å². The molecule has 0 bridgehead atoms. The molecule has 1 N–H and O–H groups in total. The standard InChI is InChI=1S/C14H17F2NO2/c1-2-9-4-3-7-17(8-9)14(19)12-10(15)5-6-11(18)13(12)16/h5-6,9,18H,2-4,7-8H2,1H3/t9-/m0/s1. The Morgan fingerprint density at radius 3 is 2.89 bits per heavy atom. The van der Waals surface area contributed by atoms with Crippen LogP contribution in [0, 0.1) is 17.6 Å². The lowest BCUT2D eigenvalue weighted by atomic mass is 9.95.